The number of rotatable bonds is 7. The van der Waals surface area contributed by atoms with Gasteiger partial charge in [0.25, 0.3) is 0 Å². The maximum atomic E-state index is 4.46. The van der Waals surface area contributed by atoms with E-state index in [1.807, 2.05) is 6.20 Å². The van der Waals surface area contributed by atoms with Crippen LogP contribution in [0.4, 0.5) is 5.69 Å². The summed E-state index contributed by atoms with van der Waals surface area (Å²) in [4.78, 5) is 9.23. The molecule has 0 spiro atoms. The molecule has 2 rings (SSSR count). The van der Waals surface area contributed by atoms with Gasteiger partial charge in [0, 0.05) is 43.6 Å². The van der Waals surface area contributed by atoms with Crippen LogP contribution < -0.4 is 10.2 Å². The minimum atomic E-state index is 0.356. The third kappa shape index (κ3) is 3.95. The summed E-state index contributed by atoms with van der Waals surface area (Å²) >= 11 is 0. The second kappa shape index (κ2) is 6.75. The number of anilines is 1. The van der Waals surface area contributed by atoms with Crippen LogP contribution in [0.25, 0.3) is 0 Å². The first-order valence-corrected chi connectivity index (χ1v) is 8.00. The summed E-state index contributed by atoms with van der Waals surface area (Å²) in [5.74, 6) is 0. The van der Waals surface area contributed by atoms with Crippen molar-refractivity contribution in [1.29, 1.82) is 0 Å². The first kappa shape index (κ1) is 16.2. The molecule has 0 aromatic carbocycles. The molecule has 1 aromatic rings. The quantitative estimate of drug-likeness (QED) is 0.836. The van der Waals surface area contributed by atoms with Gasteiger partial charge in [-0.1, -0.05) is 13.8 Å². The van der Waals surface area contributed by atoms with Crippen LogP contribution in [0.3, 0.4) is 0 Å². The van der Waals surface area contributed by atoms with Crippen LogP contribution in [0.1, 0.15) is 38.8 Å². The maximum Gasteiger partial charge on any atom is 0.0562 e. The molecule has 0 saturated heterocycles. The summed E-state index contributed by atoms with van der Waals surface area (Å²) in [5.41, 5.74) is 2.73. The van der Waals surface area contributed by atoms with E-state index in [0.29, 0.717) is 11.6 Å². The van der Waals surface area contributed by atoms with Gasteiger partial charge in [-0.2, -0.15) is 0 Å². The third-order valence-corrected chi connectivity index (χ3v) is 4.70. The molecule has 21 heavy (non-hydrogen) atoms. The first-order chi connectivity index (χ1) is 9.93. The smallest absolute Gasteiger partial charge is 0.0562 e. The van der Waals surface area contributed by atoms with Gasteiger partial charge in [-0.05, 0) is 45.5 Å². The molecule has 4 nitrogen and oxygen atoms in total. The fourth-order valence-corrected chi connectivity index (χ4v) is 2.97. The summed E-state index contributed by atoms with van der Waals surface area (Å²) in [5, 5.41) is 3.43. The van der Waals surface area contributed by atoms with E-state index in [2.05, 4.69) is 67.2 Å². The summed E-state index contributed by atoms with van der Waals surface area (Å²) in [6.07, 6.45) is 5.88. The largest absolute Gasteiger partial charge is 0.373 e. The van der Waals surface area contributed by atoms with Crippen LogP contribution >= 0.6 is 0 Å². The molecular weight excluding hydrogens is 260 g/mol. The molecule has 4 heteroatoms. The number of hydrogen-bond acceptors (Lipinski definition) is 4. The normalized spacial score (nSPS) is 17.1. The summed E-state index contributed by atoms with van der Waals surface area (Å²) < 4.78 is 0. The Morgan fingerprint density at radius 3 is 2.52 bits per heavy atom. The zero-order valence-corrected chi connectivity index (χ0v) is 14.2. The Kier molecular flexibility index (Phi) is 5.22. The van der Waals surface area contributed by atoms with Crippen LogP contribution in [-0.4, -0.2) is 49.2 Å². The number of aromatic nitrogens is 1. The van der Waals surface area contributed by atoms with Gasteiger partial charge in [0.1, 0.15) is 0 Å². The van der Waals surface area contributed by atoms with E-state index in [1.54, 1.807) is 0 Å². The van der Waals surface area contributed by atoms with Crippen LogP contribution in [0.2, 0.25) is 0 Å². The Labute approximate surface area is 129 Å². The molecule has 1 aliphatic carbocycles. The first-order valence-electron chi connectivity index (χ1n) is 8.00. The number of hydrogen-bond donors (Lipinski definition) is 1. The summed E-state index contributed by atoms with van der Waals surface area (Å²) in [6.45, 7) is 6.24. The minimum absolute atomic E-state index is 0.356. The van der Waals surface area contributed by atoms with Crippen molar-refractivity contribution in [2.75, 3.05) is 32.6 Å². The number of nitrogens with one attached hydrogen (secondary N) is 1. The number of pyridine rings is 1. The van der Waals surface area contributed by atoms with E-state index in [9.17, 15) is 0 Å². The Bertz CT molecular complexity index is 452. The molecule has 1 aromatic heterocycles. The third-order valence-electron chi connectivity index (χ3n) is 4.70. The Morgan fingerprint density at radius 2 is 2.00 bits per heavy atom. The second-order valence-corrected chi connectivity index (χ2v) is 6.87. The number of likely N-dealkylation sites (N-methyl/N-ethyl adjacent to an activating group) is 2. The predicted octanol–water partition coefficient (Wildman–Crippen LogP) is 2.50. The van der Waals surface area contributed by atoms with Crippen LogP contribution in [-0.2, 0) is 6.54 Å². The molecule has 0 aliphatic heterocycles. The summed E-state index contributed by atoms with van der Waals surface area (Å²) in [6, 6.07) is 4.80. The SMILES string of the molecule is CC(C)NCc1cc(N(C)CC2(N(C)C)CCC2)ccn1. The number of nitrogens with zero attached hydrogens (tertiary/aromatic N) is 3. The van der Waals surface area contributed by atoms with E-state index in [1.165, 1.54) is 24.9 Å². The van der Waals surface area contributed by atoms with Crippen molar-refractivity contribution in [1.82, 2.24) is 15.2 Å². The van der Waals surface area contributed by atoms with Crippen molar-refractivity contribution in [3.63, 3.8) is 0 Å². The van der Waals surface area contributed by atoms with Crippen LogP contribution in [0.15, 0.2) is 18.3 Å². The molecule has 0 atom stereocenters. The minimum Gasteiger partial charge on any atom is -0.373 e. The molecule has 1 heterocycles. The molecule has 118 valence electrons. The van der Waals surface area contributed by atoms with E-state index in [4.69, 9.17) is 0 Å². The molecule has 1 N–H and O–H groups in total. The fourth-order valence-electron chi connectivity index (χ4n) is 2.97. The van der Waals surface area contributed by atoms with Crippen molar-refractivity contribution < 1.29 is 0 Å². The topological polar surface area (TPSA) is 31.4 Å². The van der Waals surface area contributed by atoms with Crippen molar-refractivity contribution in [2.24, 2.45) is 0 Å². The highest BCUT2D eigenvalue weighted by Crippen LogP contribution is 2.37. The average molecular weight is 290 g/mol. The van der Waals surface area contributed by atoms with Gasteiger partial charge >= 0.3 is 0 Å². The van der Waals surface area contributed by atoms with Crippen LogP contribution in [0.5, 0.6) is 0 Å². The molecule has 0 radical (unpaired) electrons. The van der Waals surface area contributed by atoms with Crippen molar-refractivity contribution in [3.8, 4) is 0 Å². The fraction of sp³-hybridized carbons (Fsp3) is 0.706. The lowest BCUT2D eigenvalue weighted by Crippen LogP contribution is -2.56. The lowest BCUT2D eigenvalue weighted by Gasteiger charge is -2.49. The zero-order valence-electron chi connectivity index (χ0n) is 14.2. The molecule has 0 unspecified atom stereocenters. The monoisotopic (exact) mass is 290 g/mol. The lowest BCUT2D eigenvalue weighted by molar-refractivity contribution is 0.0683. The van der Waals surface area contributed by atoms with Gasteiger partial charge in [0.2, 0.25) is 0 Å². The van der Waals surface area contributed by atoms with Crippen molar-refractivity contribution in [3.05, 3.63) is 24.0 Å². The van der Waals surface area contributed by atoms with E-state index < -0.39 is 0 Å². The van der Waals surface area contributed by atoms with E-state index in [0.717, 1.165) is 18.8 Å². The summed E-state index contributed by atoms with van der Waals surface area (Å²) in [7, 11) is 6.60. The molecule has 1 fully saturated rings. The van der Waals surface area contributed by atoms with E-state index >= 15 is 0 Å². The highest BCUT2D eigenvalue weighted by atomic mass is 15.2. The van der Waals surface area contributed by atoms with Gasteiger partial charge in [-0.25, -0.2) is 0 Å². The van der Waals surface area contributed by atoms with Crippen molar-refractivity contribution in [2.45, 2.75) is 51.2 Å². The average Bonchev–Trinajstić information content (AvgIpc) is 2.40. The Hall–Kier alpha value is -1.13. The molecule has 1 aliphatic rings. The second-order valence-electron chi connectivity index (χ2n) is 6.87. The standard InChI is InChI=1S/C17H30N4/c1-14(2)19-12-15-11-16(7-10-18-15)21(5)13-17(20(3)4)8-6-9-17/h7,10-11,14,19H,6,8-9,12-13H2,1-5H3. The van der Waals surface area contributed by atoms with Gasteiger partial charge in [-0.3, -0.25) is 4.98 Å². The maximum absolute atomic E-state index is 4.46. The zero-order chi connectivity index (χ0) is 15.5. The van der Waals surface area contributed by atoms with Crippen LogP contribution in [0, 0.1) is 0 Å². The lowest BCUT2D eigenvalue weighted by atomic mass is 9.75. The Morgan fingerprint density at radius 1 is 1.29 bits per heavy atom. The molecule has 0 bridgehead atoms. The highest BCUT2D eigenvalue weighted by Gasteiger charge is 2.39. The van der Waals surface area contributed by atoms with Gasteiger partial charge in [-0.15, -0.1) is 0 Å². The van der Waals surface area contributed by atoms with Gasteiger partial charge in [0.15, 0.2) is 0 Å². The van der Waals surface area contributed by atoms with E-state index in [-0.39, 0.29) is 0 Å². The Balaban J connectivity index is 2.02. The highest BCUT2D eigenvalue weighted by molar-refractivity contribution is 5.46. The molecule has 1 saturated carbocycles. The van der Waals surface area contributed by atoms with Gasteiger partial charge in [0.05, 0.1) is 5.69 Å². The predicted molar refractivity (Wildman–Crippen MR) is 89.8 cm³/mol. The van der Waals surface area contributed by atoms with Gasteiger partial charge < -0.3 is 15.1 Å². The molecular formula is C17H30N4. The van der Waals surface area contributed by atoms with Crippen molar-refractivity contribution >= 4 is 5.69 Å². The molecule has 0 amide bonds.